The van der Waals surface area contributed by atoms with E-state index in [0.717, 1.165) is 55.8 Å². The van der Waals surface area contributed by atoms with Crippen LogP contribution in [0.2, 0.25) is 0 Å². The molecule has 1 unspecified atom stereocenters. The Morgan fingerprint density at radius 2 is 2.04 bits per heavy atom. The third-order valence-corrected chi connectivity index (χ3v) is 6.99. The van der Waals surface area contributed by atoms with Crippen molar-refractivity contribution in [3.8, 4) is 0 Å². The summed E-state index contributed by atoms with van der Waals surface area (Å²) in [5.74, 6) is 0.200. The van der Waals surface area contributed by atoms with E-state index in [-0.39, 0.29) is 24.4 Å². The van der Waals surface area contributed by atoms with Crippen LogP contribution < -0.4 is 5.32 Å². The number of thiophene rings is 1. The molecule has 6 heteroatoms. The van der Waals surface area contributed by atoms with Crippen molar-refractivity contribution in [2.75, 3.05) is 13.1 Å². The molecule has 1 aliphatic heterocycles. The summed E-state index contributed by atoms with van der Waals surface area (Å²) in [6.45, 7) is 2.64. The maximum Gasteiger partial charge on any atom is 0.264 e. The Morgan fingerprint density at radius 1 is 1.14 bits per heavy atom. The predicted molar refractivity (Wildman–Crippen MR) is 117 cm³/mol. The first-order chi connectivity index (χ1) is 13.3. The minimum Gasteiger partial charge on any atom is -0.329 e. The van der Waals surface area contributed by atoms with Gasteiger partial charge in [0, 0.05) is 17.1 Å². The highest BCUT2D eigenvalue weighted by Gasteiger charge is 2.28. The van der Waals surface area contributed by atoms with Crippen LogP contribution in [0, 0.1) is 0 Å². The monoisotopic (exact) mass is 419 g/mol. The molecule has 1 amide bonds. The van der Waals surface area contributed by atoms with E-state index >= 15 is 0 Å². The van der Waals surface area contributed by atoms with Crippen LogP contribution in [0.3, 0.4) is 0 Å². The number of halogens is 1. The quantitative estimate of drug-likeness (QED) is 0.735. The summed E-state index contributed by atoms with van der Waals surface area (Å²) in [5, 5.41) is 3.47. The fourth-order valence-electron chi connectivity index (χ4n) is 4.26. The summed E-state index contributed by atoms with van der Waals surface area (Å²) >= 11 is 1.74. The van der Waals surface area contributed by atoms with Crippen molar-refractivity contribution in [1.82, 2.24) is 15.2 Å². The summed E-state index contributed by atoms with van der Waals surface area (Å²) in [6.07, 6.45) is 11.1. The summed E-state index contributed by atoms with van der Waals surface area (Å²) in [7, 11) is 0. The smallest absolute Gasteiger partial charge is 0.264 e. The van der Waals surface area contributed by atoms with Crippen LogP contribution in [0.4, 0.5) is 0 Å². The van der Waals surface area contributed by atoms with Crippen LogP contribution >= 0.6 is 23.7 Å². The van der Waals surface area contributed by atoms with Gasteiger partial charge in [-0.3, -0.25) is 9.78 Å². The molecule has 0 saturated carbocycles. The molecule has 152 valence electrons. The van der Waals surface area contributed by atoms with Gasteiger partial charge in [-0.15, -0.1) is 23.7 Å². The van der Waals surface area contributed by atoms with E-state index in [0.29, 0.717) is 6.54 Å². The molecule has 0 aromatic carbocycles. The Bertz CT molecular complexity index is 733. The van der Waals surface area contributed by atoms with Crippen LogP contribution in [0.5, 0.6) is 0 Å². The predicted octanol–water partition coefficient (Wildman–Crippen LogP) is 4.62. The molecule has 28 heavy (non-hydrogen) atoms. The van der Waals surface area contributed by atoms with Gasteiger partial charge in [-0.2, -0.15) is 0 Å². The molecule has 1 fully saturated rings. The van der Waals surface area contributed by atoms with Gasteiger partial charge in [-0.25, -0.2) is 0 Å². The molecule has 4 nitrogen and oxygen atoms in total. The maximum absolute atomic E-state index is 13.6. The molecule has 2 aromatic rings. The molecule has 1 aliphatic carbocycles. The molecule has 1 saturated heterocycles. The molecule has 3 heterocycles. The summed E-state index contributed by atoms with van der Waals surface area (Å²) in [4.78, 5) is 22.5. The number of fused-ring (bicyclic) bond motifs is 1. The number of pyridine rings is 1. The number of hydrogen-bond donors (Lipinski definition) is 1. The zero-order chi connectivity index (χ0) is 18.5. The number of nitrogens with one attached hydrogen (secondary N) is 1. The van der Waals surface area contributed by atoms with Gasteiger partial charge in [-0.1, -0.05) is 12.5 Å². The van der Waals surface area contributed by atoms with E-state index in [2.05, 4.69) is 21.3 Å². The number of aromatic nitrogens is 1. The number of carbonyl (C=O) groups excluding carboxylic acids is 1. The van der Waals surface area contributed by atoms with E-state index in [9.17, 15) is 4.79 Å². The highest BCUT2D eigenvalue weighted by atomic mass is 35.5. The van der Waals surface area contributed by atoms with Crippen molar-refractivity contribution in [2.45, 2.75) is 64.0 Å². The largest absolute Gasteiger partial charge is 0.329 e. The first kappa shape index (κ1) is 21.3. The fraction of sp³-hybridized carbons (Fsp3) is 0.545. The van der Waals surface area contributed by atoms with Gasteiger partial charge in [0.2, 0.25) is 0 Å². The first-order valence-electron chi connectivity index (χ1n) is 10.3. The zero-order valence-corrected chi connectivity index (χ0v) is 18.0. The highest BCUT2D eigenvalue weighted by Crippen LogP contribution is 2.31. The zero-order valence-electron chi connectivity index (χ0n) is 16.4. The molecule has 0 bridgehead atoms. The molecule has 0 spiro atoms. The number of nitrogens with zero attached hydrogens (tertiary/aromatic N) is 2. The van der Waals surface area contributed by atoms with Crippen LogP contribution in [-0.2, 0) is 19.4 Å². The average Bonchev–Trinajstić information content (AvgIpc) is 2.87. The Morgan fingerprint density at radius 3 is 2.89 bits per heavy atom. The van der Waals surface area contributed by atoms with Gasteiger partial charge < -0.3 is 10.2 Å². The lowest BCUT2D eigenvalue weighted by atomic mass is 10.1. The molecule has 2 aliphatic rings. The van der Waals surface area contributed by atoms with Crippen molar-refractivity contribution in [2.24, 2.45) is 0 Å². The van der Waals surface area contributed by atoms with Crippen LogP contribution in [0.25, 0.3) is 0 Å². The average molecular weight is 420 g/mol. The lowest BCUT2D eigenvalue weighted by Crippen LogP contribution is -2.40. The second-order valence-electron chi connectivity index (χ2n) is 7.71. The second-order valence-corrected chi connectivity index (χ2v) is 8.85. The van der Waals surface area contributed by atoms with Crippen molar-refractivity contribution in [3.63, 3.8) is 0 Å². The molecule has 1 atom stereocenters. The van der Waals surface area contributed by atoms with Crippen LogP contribution in [-0.4, -0.2) is 34.9 Å². The van der Waals surface area contributed by atoms with Crippen LogP contribution in [0.15, 0.2) is 30.5 Å². The van der Waals surface area contributed by atoms with Gasteiger partial charge in [-0.05, 0) is 81.8 Å². The van der Waals surface area contributed by atoms with Crippen molar-refractivity contribution in [1.29, 1.82) is 0 Å². The first-order valence-corrected chi connectivity index (χ1v) is 11.2. The Hall–Kier alpha value is -1.43. The lowest BCUT2D eigenvalue weighted by molar-refractivity contribution is 0.0647. The third-order valence-electron chi connectivity index (χ3n) is 5.76. The van der Waals surface area contributed by atoms with Crippen LogP contribution in [0.1, 0.15) is 64.3 Å². The lowest BCUT2D eigenvalue weighted by Gasteiger charge is -2.30. The van der Waals surface area contributed by atoms with Gasteiger partial charge in [0.25, 0.3) is 5.91 Å². The summed E-state index contributed by atoms with van der Waals surface area (Å²) in [5.41, 5.74) is 2.39. The molecule has 4 rings (SSSR count). The van der Waals surface area contributed by atoms with Gasteiger partial charge in [0.1, 0.15) is 0 Å². The van der Waals surface area contributed by atoms with Gasteiger partial charge in [0.05, 0.1) is 17.1 Å². The summed E-state index contributed by atoms with van der Waals surface area (Å²) in [6, 6.07) is 8.44. The normalized spacial score (nSPS) is 19.6. The second kappa shape index (κ2) is 10.4. The number of hydrogen-bond acceptors (Lipinski definition) is 4. The van der Waals surface area contributed by atoms with E-state index in [1.54, 1.807) is 11.3 Å². The molecule has 0 radical (unpaired) electrons. The third kappa shape index (κ3) is 5.13. The van der Waals surface area contributed by atoms with Crippen molar-refractivity contribution >= 4 is 29.7 Å². The SMILES string of the molecule is Cl.O=C(c1cc2c(s1)CCCCC2)N(Cc1ccccn1)C1CCCNCC1. The van der Waals surface area contributed by atoms with E-state index in [4.69, 9.17) is 0 Å². The minimum atomic E-state index is 0. The van der Waals surface area contributed by atoms with E-state index < -0.39 is 0 Å². The standard InChI is InChI=1S/C22H29N3OS.ClH/c26-22(21-15-17-7-2-1-3-10-20(17)27-21)25(16-18-8-4-5-13-24-18)19-9-6-12-23-14-11-19;/h4-5,8,13,15,19,23H,1-3,6-7,9-12,14,16H2;1H. The molecule has 2 aromatic heterocycles. The minimum absolute atomic E-state index is 0. The number of aryl methyl sites for hydroxylation is 2. The van der Waals surface area contributed by atoms with E-state index in [1.165, 1.54) is 29.7 Å². The maximum atomic E-state index is 13.6. The van der Waals surface area contributed by atoms with Gasteiger partial charge in [0.15, 0.2) is 0 Å². The number of carbonyl (C=O) groups is 1. The highest BCUT2D eigenvalue weighted by molar-refractivity contribution is 7.14. The number of amides is 1. The van der Waals surface area contributed by atoms with Crippen molar-refractivity contribution < 1.29 is 4.79 Å². The summed E-state index contributed by atoms with van der Waals surface area (Å²) < 4.78 is 0. The Balaban J connectivity index is 0.00000225. The Kier molecular flexibility index (Phi) is 7.89. The molecular formula is C22H30ClN3OS. The topological polar surface area (TPSA) is 45.2 Å². The molecular weight excluding hydrogens is 390 g/mol. The van der Waals surface area contributed by atoms with Gasteiger partial charge >= 0.3 is 0 Å². The molecule has 1 N–H and O–H groups in total. The Labute approximate surface area is 178 Å². The fourth-order valence-corrected chi connectivity index (χ4v) is 5.47. The van der Waals surface area contributed by atoms with E-state index in [1.807, 2.05) is 24.4 Å². The van der Waals surface area contributed by atoms with Crippen molar-refractivity contribution in [3.05, 3.63) is 51.5 Å². The number of rotatable bonds is 4.